The van der Waals surface area contributed by atoms with Gasteiger partial charge in [-0.2, -0.15) is 0 Å². The lowest BCUT2D eigenvalue weighted by Crippen LogP contribution is -2.32. The molecule has 0 N–H and O–H groups in total. The van der Waals surface area contributed by atoms with E-state index in [1.165, 1.54) is 45.7 Å². The third-order valence-corrected chi connectivity index (χ3v) is 7.05. The first-order valence-electron chi connectivity index (χ1n) is 10.6. The van der Waals surface area contributed by atoms with E-state index in [-0.39, 0.29) is 30.2 Å². The van der Waals surface area contributed by atoms with Gasteiger partial charge in [0.15, 0.2) is 5.13 Å². The number of hydrogen-bond donors (Lipinski definition) is 0. The number of thiophene rings is 1. The molecule has 0 fully saturated rings. The Labute approximate surface area is 202 Å². The molecule has 0 atom stereocenters. The molecule has 0 aliphatic heterocycles. The summed E-state index contributed by atoms with van der Waals surface area (Å²) in [6, 6.07) is 17.5. The standard InChI is InChI=1S/C25H19FN4O2S2/c26-19-8-6-18(7-9-19)21-15-34-25(28-21)30(14-17-4-2-1-3-5-17)22(31)10-12-29-16-27-23-20(24(29)32)11-13-33-23/h1-9,11,13,15-16H,10,12,14H2. The number of thiazole rings is 1. The Morgan fingerprint density at radius 3 is 2.62 bits per heavy atom. The Hall–Kier alpha value is -3.69. The topological polar surface area (TPSA) is 68.1 Å². The van der Waals surface area contributed by atoms with Gasteiger partial charge in [0, 0.05) is 23.9 Å². The summed E-state index contributed by atoms with van der Waals surface area (Å²) >= 11 is 2.76. The molecule has 170 valence electrons. The lowest BCUT2D eigenvalue weighted by atomic mass is 10.2. The van der Waals surface area contributed by atoms with Crippen LogP contribution in [0.25, 0.3) is 21.5 Å². The molecule has 0 radical (unpaired) electrons. The van der Waals surface area contributed by atoms with Gasteiger partial charge in [-0.3, -0.25) is 19.1 Å². The Balaban J connectivity index is 1.40. The number of carbonyl (C=O) groups is 1. The first-order valence-corrected chi connectivity index (χ1v) is 12.3. The van der Waals surface area contributed by atoms with E-state index in [0.29, 0.717) is 27.6 Å². The minimum Gasteiger partial charge on any atom is -0.298 e. The number of aromatic nitrogens is 3. The average Bonchev–Trinajstić information content (AvgIpc) is 3.54. The molecule has 9 heteroatoms. The largest absolute Gasteiger partial charge is 0.298 e. The lowest BCUT2D eigenvalue weighted by Gasteiger charge is -2.20. The van der Waals surface area contributed by atoms with Crippen LogP contribution in [0.4, 0.5) is 9.52 Å². The van der Waals surface area contributed by atoms with E-state index in [9.17, 15) is 14.0 Å². The zero-order valence-corrected chi connectivity index (χ0v) is 19.6. The molecule has 3 aromatic heterocycles. The highest BCUT2D eigenvalue weighted by Crippen LogP contribution is 2.29. The van der Waals surface area contributed by atoms with Crippen molar-refractivity contribution in [2.24, 2.45) is 0 Å². The number of halogens is 1. The second-order valence-corrected chi connectivity index (χ2v) is 9.35. The van der Waals surface area contributed by atoms with Gasteiger partial charge in [-0.25, -0.2) is 14.4 Å². The van der Waals surface area contributed by atoms with Crippen LogP contribution in [0, 0.1) is 5.82 Å². The summed E-state index contributed by atoms with van der Waals surface area (Å²) in [6.07, 6.45) is 1.61. The summed E-state index contributed by atoms with van der Waals surface area (Å²) in [7, 11) is 0. The minimum atomic E-state index is -0.314. The second kappa shape index (κ2) is 9.66. The molecule has 0 saturated carbocycles. The maximum atomic E-state index is 13.3. The maximum absolute atomic E-state index is 13.3. The molecular formula is C25H19FN4O2S2. The molecule has 3 heterocycles. The van der Waals surface area contributed by atoms with Crippen molar-refractivity contribution in [1.82, 2.24) is 14.5 Å². The van der Waals surface area contributed by atoms with E-state index in [2.05, 4.69) is 9.97 Å². The fourth-order valence-corrected chi connectivity index (χ4v) is 5.15. The molecule has 0 unspecified atom stereocenters. The predicted octanol–water partition coefficient (Wildman–Crippen LogP) is 5.34. The van der Waals surface area contributed by atoms with E-state index in [1.54, 1.807) is 23.1 Å². The molecule has 0 saturated heterocycles. The number of rotatable bonds is 7. The quantitative estimate of drug-likeness (QED) is 0.309. The maximum Gasteiger partial charge on any atom is 0.262 e. The van der Waals surface area contributed by atoms with Crippen LogP contribution in [-0.2, 0) is 17.9 Å². The van der Waals surface area contributed by atoms with E-state index in [4.69, 9.17) is 0 Å². The van der Waals surface area contributed by atoms with Crippen LogP contribution in [0.2, 0.25) is 0 Å². The number of amides is 1. The zero-order valence-electron chi connectivity index (χ0n) is 17.9. The van der Waals surface area contributed by atoms with Crippen molar-refractivity contribution in [1.29, 1.82) is 0 Å². The number of fused-ring (bicyclic) bond motifs is 1. The van der Waals surface area contributed by atoms with Crippen molar-refractivity contribution in [3.05, 3.63) is 99.5 Å². The highest BCUT2D eigenvalue weighted by atomic mass is 32.1. The van der Waals surface area contributed by atoms with Crippen molar-refractivity contribution in [3.8, 4) is 11.3 Å². The van der Waals surface area contributed by atoms with Gasteiger partial charge in [0.2, 0.25) is 5.91 Å². The molecule has 34 heavy (non-hydrogen) atoms. The van der Waals surface area contributed by atoms with Crippen molar-refractivity contribution in [2.75, 3.05) is 4.90 Å². The number of aryl methyl sites for hydroxylation is 1. The van der Waals surface area contributed by atoms with Gasteiger partial charge in [0.25, 0.3) is 5.56 Å². The summed E-state index contributed by atoms with van der Waals surface area (Å²) in [6.45, 7) is 0.574. The third-order valence-electron chi connectivity index (χ3n) is 5.36. The molecule has 0 spiro atoms. The smallest absolute Gasteiger partial charge is 0.262 e. The first-order chi connectivity index (χ1) is 16.6. The third kappa shape index (κ3) is 4.66. The van der Waals surface area contributed by atoms with E-state index in [1.807, 2.05) is 41.1 Å². The van der Waals surface area contributed by atoms with Crippen molar-refractivity contribution < 1.29 is 9.18 Å². The number of nitrogens with zero attached hydrogens (tertiary/aromatic N) is 4. The van der Waals surface area contributed by atoms with Crippen molar-refractivity contribution >= 4 is 43.9 Å². The highest BCUT2D eigenvalue weighted by molar-refractivity contribution is 7.16. The summed E-state index contributed by atoms with van der Waals surface area (Å²) in [4.78, 5) is 37.3. The molecule has 0 aliphatic carbocycles. The Morgan fingerprint density at radius 1 is 1.03 bits per heavy atom. The van der Waals surface area contributed by atoms with Crippen LogP contribution < -0.4 is 10.5 Å². The summed E-state index contributed by atoms with van der Waals surface area (Å²) in [5, 5.41) is 4.79. The van der Waals surface area contributed by atoms with E-state index >= 15 is 0 Å². The normalized spacial score (nSPS) is 11.1. The van der Waals surface area contributed by atoms with Crippen LogP contribution in [0.5, 0.6) is 0 Å². The van der Waals surface area contributed by atoms with Crippen molar-refractivity contribution in [3.63, 3.8) is 0 Å². The molecule has 5 rings (SSSR count). The molecule has 6 nitrogen and oxygen atoms in total. The molecule has 2 aromatic carbocycles. The summed E-state index contributed by atoms with van der Waals surface area (Å²) < 4.78 is 14.8. The number of carbonyl (C=O) groups excluding carboxylic acids is 1. The number of anilines is 1. The van der Waals surface area contributed by atoms with Crippen LogP contribution in [0.3, 0.4) is 0 Å². The molecule has 0 bridgehead atoms. The van der Waals surface area contributed by atoms with Crippen molar-refractivity contribution in [2.45, 2.75) is 19.5 Å². The fourth-order valence-electron chi connectivity index (χ4n) is 3.57. The highest BCUT2D eigenvalue weighted by Gasteiger charge is 2.20. The minimum absolute atomic E-state index is 0.121. The molecular weight excluding hydrogens is 471 g/mol. The first kappa shape index (κ1) is 22.1. The van der Waals surface area contributed by atoms with Gasteiger partial charge in [-0.05, 0) is 41.3 Å². The Morgan fingerprint density at radius 2 is 1.82 bits per heavy atom. The molecule has 5 aromatic rings. The SMILES string of the molecule is O=C(CCn1cnc2sccc2c1=O)N(Cc1ccccc1)c1nc(-c2ccc(F)cc2)cs1. The van der Waals surface area contributed by atoms with Gasteiger partial charge < -0.3 is 0 Å². The lowest BCUT2D eigenvalue weighted by molar-refractivity contribution is -0.119. The van der Waals surface area contributed by atoms with Crippen LogP contribution in [-0.4, -0.2) is 20.4 Å². The molecule has 0 aliphatic rings. The predicted molar refractivity (Wildman–Crippen MR) is 134 cm³/mol. The van der Waals surface area contributed by atoms with Gasteiger partial charge in [-0.1, -0.05) is 30.3 Å². The van der Waals surface area contributed by atoms with Crippen LogP contribution in [0.1, 0.15) is 12.0 Å². The Kier molecular flexibility index (Phi) is 6.29. The monoisotopic (exact) mass is 490 g/mol. The molecule has 1 amide bonds. The van der Waals surface area contributed by atoms with Crippen LogP contribution >= 0.6 is 22.7 Å². The van der Waals surface area contributed by atoms with Gasteiger partial charge in [0.05, 0.1) is 24.0 Å². The zero-order chi connectivity index (χ0) is 23.5. The average molecular weight is 491 g/mol. The van der Waals surface area contributed by atoms with Gasteiger partial charge >= 0.3 is 0 Å². The number of hydrogen-bond acceptors (Lipinski definition) is 6. The summed E-state index contributed by atoms with van der Waals surface area (Å²) in [5.41, 5.74) is 2.27. The second-order valence-electron chi connectivity index (χ2n) is 7.62. The van der Waals surface area contributed by atoms with E-state index < -0.39 is 0 Å². The summed E-state index contributed by atoms with van der Waals surface area (Å²) in [5.74, 6) is -0.466. The van der Waals surface area contributed by atoms with Gasteiger partial charge in [0.1, 0.15) is 10.6 Å². The van der Waals surface area contributed by atoms with Gasteiger partial charge in [-0.15, -0.1) is 22.7 Å². The van der Waals surface area contributed by atoms with E-state index in [0.717, 1.165) is 11.1 Å². The number of benzene rings is 2. The van der Waals surface area contributed by atoms with Crippen LogP contribution in [0.15, 0.2) is 82.5 Å². The fraction of sp³-hybridized carbons (Fsp3) is 0.120. The Bertz CT molecular complexity index is 1490.